The van der Waals surface area contributed by atoms with Gasteiger partial charge in [0.1, 0.15) is 0 Å². The Morgan fingerprint density at radius 3 is 1.90 bits per heavy atom. The summed E-state index contributed by atoms with van der Waals surface area (Å²) in [6.45, 7) is 2.60. The summed E-state index contributed by atoms with van der Waals surface area (Å²) in [6.07, 6.45) is 23.0. The summed E-state index contributed by atoms with van der Waals surface area (Å²) in [4.78, 5) is 0. The first kappa shape index (κ1) is 14.9. The molecule has 4 atom stereocenters. The Morgan fingerprint density at radius 2 is 1.20 bits per heavy atom. The van der Waals surface area contributed by atoms with Crippen LogP contribution in [-0.4, -0.2) is 0 Å². The fourth-order valence-electron chi connectivity index (χ4n) is 5.53. The molecule has 0 nitrogen and oxygen atoms in total. The minimum Gasteiger partial charge on any atom is -0.0594 e. The zero-order valence-electron chi connectivity index (χ0n) is 13.8. The van der Waals surface area contributed by atoms with Crippen molar-refractivity contribution < 1.29 is 0 Å². The highest BCUT2D eigenvalue weighted by atomic mass is 14.6. The van der Waals surface area contributed by atoms with Crippen LogP contribution in [-0.2, 0) is 0 Å². The highest BCUT2D eigenvalue weighted by Crippen LogP contribution is 2.64. The zero-order chi connectivity index (χ0) is 13.8. The zero-order valence-corrected chi connectivity index (χ0v) is 13.8. The minimum absolute atomic E-state index is 0.785. The molecule has 3 rings (SSSR count). The largest absolute Gasteiger partial charge is 0.0594 e. The van der Waals surface area contributed by atoms with Crippen LogP contribution in [0.25, 0.3) is 0 Å². The molecular weight excluding hydrogens is 240 g/mol. The monoisotopic (exact) mass is 276 g/mol. The first-order valence-corrected chi connectivity index (χ1v) is 9.80. The summed E-state index contributed by atoms with van der Waals surface area (Å²) >= 11 is 0. The first-order valence-electron chi connectivity index (χ1n) is 9.80. The maximum absolute atomic E-state index is 2.60. The summed E-state index contributed by atoms with van der Waals surface area (Å²) in [5.74, 6) is 3.34. The van der Waals surface area contributed by atoms with E-state index >= 15 is 0 Å². The van der Waals surface area contributed by atoms with Gasteiger partial charge < -0.3 is 0 Å². The van der Waals surface area contributed by atoms with Crippen LogP contribution in [0.2, 0.25) is 0 Å². The van der Waals surface area contributed by atoms with E-state index in [0.29, 0.717) is 0 Å². The van der Waals surface area contributed by atoms with Gasteiger partial charge in [-0.25, -0.2) is 0 Å². The predicted molar refractivity (Wildman–Crippen MR) is 87.8 cm³/mol. The van der Waals surface area contributed by atoms with Gasteiger partial charge in [0.15, 0.2) is 0 Å². The second kappa shape index (κ2) is 6.84. The van der Waals surface area contributed by atoms with E-state index in [9.17, 15) is 0 Å². The second-order valence-corrected chi connectivity index (χ2v) is 8.54. The standard InChI is InChI=1S/C20H36/c1-20-15-11-13-17-12-9-7-5-3-2-4-6-8-10-14-18(17)19(20)16-20/h17-19H,2-16H2,1H3. The van der Waals surface area contributed by atoms with E-state index in [1.165, 1.54) is 64.2 Å². The van der Waals surface area contributed by atoms with Crippen LogP contribution in [0.15, 0.2) is 0 Å². The van der Waals surface area contributed by atoms with Crippen LogP contribution in [0.1, 0.15) is 103 Å². The number of hydrogen-bond acceptors (Lipinski definition) is 0. The lowest BCUT2D eigenvalue weighted by Gasteiger charge is -2.27. The third-order valence-electron chi connectivity index (χ3n) is 6.98. The van der Waals surface area contributed by atoms with Gasteiger partial charge in [0.05, 0.1) is 0 Å². The molecule has 3 aliphatic rings. The summed E-state index contributed by atoms with van der Waals surface area (Å²) < 4.78 is 0. The van der Waals surface area contributed by atoms with Crippen LogP contribution in [0.3, 0.4) is 0 Å². The topological polar surface area (TPSA) is 0 Å². The maximum atomic E-state index is 2.60. The van der Waals surface area contributed by atoms with Gasteiger partial charge in [0.25, 0.3) is 0 Å². The molecule has 0 N–H and O–H groups in total. The summed E-state index contributed by atoms with van der Waals surface area (Å²) in [6, 6.07) is 0. The molecule has 0 aromatic carbocycles. The van der Waals surface area contributed by atoms with Crippen molar-refractivity contribution in [3.05, 3.63) is 0 Å². The molecule has 0 aromatic heterocycles. The lowest BCUT2D eigenvalue weighted by atomic mass is 9.79. The highest BCUT2D eigenvalue weighted by Gasteiger charge is 2.55. The maximum Gasteiger partial charge on any atom is -0.0292 e. The van der Waals surface area contributed by atoms with Gasteiger partial charge in [-0.2, -0.15) is 0 Å². The Morgan fingerprint density at radius 1 is 0.650 bits per heavy atom. The molecule has 3 saturated carbocycles. The van der Waals surface area contributed by atoms with Crippen molar-refractivity contribution in [2.24, 2.45) is 23.2 Å². The summed E-state index contributed by atoms with van der Waals surface area (Å²) in [7, 11) is 0. The fourth-order valence-corrected chi connectivity index (χ4v) is 5.53. The van der Waals surface area contributed by atoms with Gasteiger partial charge in [-0.15, -0.1) is 0 Å². The van der Waals surface area contributed by atoms with Crippen LogP contribution in [0.5, 0.6) is 0 Å². The van der Waals surface area contributed by atoms with Gasteiger partial charge in [0, 0.05) is 0 Å². The Labute approximate surface area is 127 Å². The van der Waals surface area contributed by atoms with Crippen LogP contribution in [0, 0.1) is 23.2 Å². The highest BCUT2D eigenvalue weighted by molar-refractivity contribution is 5.04. The van der Waals surface area contributed by atoms with E-state index in [4.69, 9.17) is 0 Å². The van der Waals surface area contributed by atoms with Crippen molar-refractivity contribution in [3.8, 4) is 0 Å². The van der Waals surface area contributed by atoms with Gasteiger partial charge >= 0.3 is 0 Å². The Bertz CT molecular complexity index is 294. The van der Waals surface area contributed by atoms with Gasteiger partial charge in [-0.3, -0.25) is 0 Å². The molecule has 0 saturated heterocycles. The Kier molecular flexibility index (Phi) is 5.10. The average Bonchev–Trinajstić information content (AvgIpc) is 3.10. The van der Waals surface area contributed by atoms with Crippen molar-refractivity contribution in [2.45, 2.75) is 103 Å². The molecule has 0 spiro atoms. The summed E-state index contributed by atoms with van der Waals surface area (Å²) in [5.41, 5.74) is 0.785. The van der Waals surface area contributed by atoms with Crippen LogP contribution >= 0.6 is 0 Å². The van der Waals surface area contributed by atoms with E-state index in [-0.39, 0.29) is 0 Å². The van der Waals surface area contributed by atoms with Crippen molar-refractivity contribution in [3.63, 3.8) is 0 Å². The Balaban J connectivity index is 1.60. The molecule has 116 valence electrons. The normalized spacial score (nSPS) is 44.0. The lowest BCUT2D eigenvalue weighted by Crippen LogP contribution is -2.17. The van der Waals surface area contributed by atoms with E-state index in [2.05, 4.69) is 6.92 Å². The quantitative estimate of drug-likeness (QED) is 0.460. The predicted octanol–water partition coefficient (Wildman–Crippen LogP) is 6.73. The van der Waals surface area contributed by atoms with E-state index in [1.54, 1.807) is 32.1 Å². The van der Waals surface area contributed by atoms with Crippen molar-refractivity contribution in [2.75, 3.05) is 0 Å². The molecular formula is C20H36. The van der Waals surface area contributed by atoms with Crippen LogP contribution in [0.4, 0.5) is 0 Å². The molecule has 0 aromatic rings. The smallest absolute Gasteiger partial charge is 0.0292 e. The third kappa shape index (κ3) is 3.60. The average molecular weight is 277 g/mol. The van der Waals surface area contributed by atoms with Crippen molar-refractivity contribution >= 4 is 0 Å². The second-order valence-electron chi connectivity index (χ2n) is 8.54. The number of fused-ring (bicyclic) bond motifs is 3. The molecule has 3 fully saturated rings. The fraction of sp³-hybridized carbons (Fsp3) is 1.00. The molecule has 20 heavy (non-hydrogen) atoms. The van der Waals surface area contributed by atoms with Crippen LogP contribution < -0.4 is 0 Å². The van der Waals surface area contributed by atoms with Gasteiger partial charge in [-0.05, 0) is 42.4 Å². The SMILES string of the molecule is CC12CCCC3CCCCCCCCCCCC3C1C2. The molecule has 0 aliphatic heterocycles. The lowest BCUT2D eigenvalue weighted by molar-refractivity contribution is 0.234. The number of rotatable bonds is 0. The van der Waals surface area contributed by atoms with Crippen molar-refractivity contribution in [1.82, 2.24) is 0 Å². The van der Waals surface area contributed by atoms with E-state index in [0.717, 1.165) is 23.2 Å². The molecule has 0 heterocycles. The molecule has 0 heteroatoms. The molecule has 3 aliphatic carbocycles. The molecule has 4 unspecified atom stereocenters. The van der Waals surface area contributed by atoms with Crippen molar-refractivity contribution in [1.29, 1.82) is 0 Å². The molecule has 0 amide bonds. The van der Waals surface area contributed by atoms with Gasteiger partial charge in [0.2, 0.25) is 0 Å². The molecule has 0 bridgehead atoms. The Hall–Kier alpha value is 0. The summed E-state index contributed by atoms with van der Waals surface area (Å²) in [5, 5.41) is 0. The molecule has 0 radical (unpaired) electrons. The van der Waals surface area contributed by atoms with E-state index < -0.39 is 0 Å². The third-order valence-corrected chi connectivity index (χ3v) is 6.98. The number of hydrogen-bond donors (Lipinski definition) is 0. The van der Waals surface area contributed by atoms with E-state index in [1.807, 2.05) is 0 Å². The van der Waals surface area contributed by atoms with Gasteiger partial charge in [-0.1, -0.05) is 84.0 Å². The first-order chi connectivity index (χ1) is 9.80. The minimum atomic E-state index is 0.785.